The van der Waals surface area contributed by atoms with Gasteiger partial charge in [0, 0.05) is 43.3 Å². The molecule has 0 radical (unpaired) electrons. The van der Waals surface area contributed by atoms with Crippen LogP contribution >= 0.6 is 0 Å². The fraction of sp³-hybridized carbons (Fsp3) is 0.391. The minimum atomic E-state index is -0.921. The largest absolute Gasteiger partial charge is 0.478 e. The summed E-state index contributed by atoms with van der Waals surface area (Å²) in [6.07, 6.45) is 1.87. The van der Waals surface area contributed by atoms with E-state index in [0.717, 1.165) is 43.7 Å². The van der Waals surface area contributed by atoms with Crippen molar-refractivity contribution in [3.05, 3.63) is 65.2 Å². The van der Waals surface area contributed by atoms with Gasteiger partial charge in [-0.2, -0.15) is 0 Å². The first kappa shape index (κ1) is 19.5. The molecule has 4 rings (SSSR count). The molecule has 0 saturated carbocycles. The zero-order valence-corrected chi connectivity index (χ0v) is 16.4. The minimum absolute atomic E-state index is 0.0409. The van der Waals surface area contributed by atoms with E-state index in [-0.39, 0.29) is 11.8 Å². The van der Waals surface area contributed by atoms with Gasteiger partial charge in [0.15, 0.2) is 0 Å². The molecule has 1 amide bonds. The number of hydrogen-bond acceptors (Lipinski definition) is 4. The molecule has 152 valence electrons. The van der Waals surface area contributed by atoms with E-state index in [1.807, 2.05) is 35.2 Å². The van der Waals surface area contributed by atoms with Crippen LogP contribution in [0.2, 0.25) is 0 Å². The number of benzene rings is 2. The number of likely N-dealkylation sites (tertiary alicyclic amines) is 1. The number of nitrogens with zero attached hydrogens (tertiary/aromatic N) is 2. The average molecular weight is 394 g/mol. The van der Waals surface area contributed by atoms with Gasteiger partial charge in [0.1, 0.15) is 0 Å². The summed E-state index contributed by atoms with van der Waals surface area (Å²) >= 11 is 0. The Bertz CT molecular complexity index is 892. The molecule has 0 spiro atoms. The van der Waals surface area contributed by atoms with Crippen molar-refractivity contribution in [2.24, 2.45) is 0 Å². The summed E-state index contributed by atoms with van der Waals surface area (Å²) < 4.78 is 5.42. The molecular formula is C23H26N2O4. The Morgan fingerprint density at radius 1 is 0.966 bits per heavy atom. The fourth-order valence-corrected chi connectivity index (χ4v) is 4.20. The normalized spacial score (nSPS) is 19.8. The van der Waals surface area contributed by atoms with E-state index >= 15 is 0 Å². The third-order valence-electron chi connectivity index (χ3n) is 5.78. The SMILES string of the molecule is O=C(O)c1cccc([C@H]2CCCN(C(=O)c3cccc(N4CCOCC4)c3)C2)c1. The lowest BCUT2D eigenvalue weighted by Gasteiger charge is -2.34. The Labute approximate surface area is 170 Å². The maximum Gasteiger partial charge on any atom is 0.335 e. The molecule has 2 aromatic rings. The Balaban J connectivity index is 1.49. The highest BCUT2D eigenvalue weighted by atomic mass is 16.5. The third kappa shape index (κ3) is 4.43. The van der Waals surface area contributed by atoms with Crippen LogP contribution in [0, 0.1) is 0 Å². The molecule has 1 atom stereocenters. The maximum absolute atomic E-state index is 13.2. The number of piperidine rings is 1. The van der Waals surface area contributed by atoms with Gasteiger partial charge in [0.2, 0.25) is 0 Å². The van der Waals surface area contributed by atoms with Crippen LogP contribution in [0.25, 0.3) is 0 Å². The molecule has 0 aromatic heterocycles. The fourth-order valence-electron chi connectivity index (χ4n) is 4.20. The van der Waals surface area contributed by atoms with E-state index in [9.17, 15) is 14.7 Å². The predicted molar refractivity (Wildman–Crippen MR) is 111 cm³/mol. The number of carbonyl (C=O) groups excluding carboxylic acids is 1. The Morgan fingerprint density at radius 2 is 1.72 bits per heavy atom. The topological polar surface area (TPSA) is 70.1 Å². The van der Waals surface area contributed by atoms with E-state index < -0.39 is 5.97 Å². The number of hydrogen-bond donors (Lipinski definition) is 1. The van der Waals surface area contributed by atoms with Crippen LogP contribution in [0.15, 0.2) is 48.5 Å². The number of carbonyl (C=O) groups is 2. The molecule has 29 heavy (non-hydrogen) atoms. The third-order valence-corrected chi connectivity index (χ3v) is 5.78. The van der Waals surface area contributed by atoms with Gasteiger partial charge < -0.3 is 19.6 Å². The highest BCUT2D eigenvalue weighted by Crippen LogP contribution is 2.29. The van der Waals surface area contributed by atoms with Crippen molar-refractivity contribution in [2.75, 3.05) is 44.3 Å². The number of carboxylic acids is 1. The quantitative estimate of drug-likeness (QED) is 0.862. The maximum atomic E-state index is 13.2. The van der Waals surface area contributed by atoms with Crippen molar-refractivity contribution in [1.82, 2.24) is 4.90 Å². The zero-order valence-electron chi connectivity index (χ0n) is 16.4. The van der Waals surface area contributed by atoms with Crippen molar-refractivity contribution in [2.45, 2.75) is 18.8 Å². The molecule has 0 aliphatic carbocycles. The first-order valence-corrected chi connectivity index (χ1v) is 10.2. The van der Waals surface area contributed by atoms with Crippen LogP contribution in [-0.2, 0) is 4.74 Å². The van der Waals surface area contributed by atoms with Gasteiger partial charge in [0.05, 0.1) is 18.8 Å². The summed E-state index contributed by atoms with van der Waals surface area (Å²) in [5.74, 6) is -0.718. The number of aromatic carboxylic acids is 1. The molecule has 1 N–H and O–H groups in total. The summed E-state index contributed by atoms with van der Waals surface area (Å²) in [4.78, 5) is 28.6. The molecule has 2 aliphatic rings. The van der Waals surface area contributed by atoms with Crippen LogP contribution < -0.4 is 4.90 Å². The van der Waals surface area contributed by atoms with Crippen LogP contribution in [0.4, 0.5) is 5.69 Å². The predicted octanol–water partition coefficient (Wildman–Crippen LogP) is 3.24. The monoisotopic (exact) mass is 394 g/mol. The molecule has 2 heterocycles. The highest BCUT2D eigenvalue weighted by molar-refractivity contribution is 5.95. The van der Waals surface area contributed by atoms with Gasteiger partial charge in [-0.15, -0.1) is 0 Å². The summed E-state index contributed by atoms with van der Waals surface area (Å²) in [7, 11) is 0. The molecule has 0 bridgehead atoms. The molecular weight excluding hydrogens is 368 g/mol. The summed E-state index contributed by atoms with van der Waals surface area (Å²) in [6, 6.07) is 14.9. The van der Waals surface area contributed by atoms with Gasteiger partial charge >= 0.3 is 5.97 Å². The zero-order chi connectivity index (χ0) is 20.2. The van der Waals surface area contributed by atoms with E-state index in [1.54, 1.807) is 18.2 Å². The van der Waals surface area contributed by atoms with Crippen LogP contribution in [0.5, 0.6) is 0 Å². The lowest BCUT2D eigenvalue weighted by Crippen LogP contribution is -2.39. The smallest absolute Gasteiger partial charge is 0.335 e. The van der Waals surface area contributed by atoms with Crippen molar-refractivity contribution in [1.29, 1.82) is 0 Å². The van der Waals surface area contributed by atoms with E-state index in [4.69, 9.17) is 4.74 Å². The van der Waals surface area contributed by atoms with Gasteiger partial charge in [-0.05, 0) is 48.7 Å². The second kappa shape index (κ2) is 8.66. The molecule has 2 aromatic carbocycles. The molecule has 2 aliphatic heterocycles. The number of morpholine rings is 1. The Morgan fingerprint density at radius 3 is 2.52 bits per heavy atom. The Hall–Kier alpha value is -2.86. The number of anilines is 1. The van der Waals surface area contributed by atoms with Gasteiger partial charge in [-0.1, -0.05) is 18.2 Å². The lowest BCUT2D eigenvalue weighted by molar-refractivity contribution is 0.0688. The molecule has 6 nitrogen and oxygen atoms in total. The summed E-state index contributed by atoms with van der Waals surface area (Å²) in [6.45, 7) is 4.44. The van der Waals surface area contributed by atoms with Gasteiger partial charge in [-0.3, -0.25) is 4.79 Å². The van der Waals surface area contributed by atoms with E-state index in [1.165, 1.54) is 0 Å². The first-order chi connectivity index (χ1) is 14.1. The summed E-state index contributed by atoms with van der Waals surface area (Å²) in [5.41, 5.74) is 3.05. The summed E-state index contributed by atoms with van der Waals surface area (Å²) in [5, 5.41) is 9.25. The number of amides is 1. The van der Waals surface area contributed by atoms with Gasteiger partial charge in [-0.25, -0.2) is 4.79 Å². The number of rotatable bonds is 4. The number of ether oxygens (including phenoxy) is 1. The lowest BCUT2D eigenvalue weighted by atomic mass is 9.89. The standard InChI is InChI=1S/C23H26N2O4/c26-22(18-5-2-8-21(15-18)24-10-12-29-13-11-24)25-9-3-7-20(16-25)17-4-1-6-19(14-17)23(27)28/h1-2,4-6,8,14-15,20H,3,7,9-13,16H2,(H,27,28)/t20-/m0/s1. The van der Waals surface area contributed by atoms with E-state index in [2.05, 4.69) is 4.90 Å². The first-order valence-electron chi connectivity index (χ1n) is 10.2. The molecule has 6 heteroatoms. The van der Waals surface area contributed by atoms with Crippen LogP contribution in [0.3, 0.4) is 0 Å². The van der Waals surface area contributed by atoms with Gasteiger partial charge in [0.25, 0.3) is 5.91 Å². The average Bonchev–Trinajstić information content (AvgIpc) is 2.79. The van der Waals surface area contributed by atoms with Crippen LogP contribution in [0.1, 0.15) is 45.0 Å². The molecule has 2 saturated heterocycles. The van der Waals surface area contributed by atoms with Crippen molar-refractivity contribution in [3.63, 3.8) is 0 Å². The second-order valence-electron chi connectivity index (χ2n) is 7.67. The van der Waals surface area contributed by atoms with E-state index in [0.29, 0.717) is 30.9 Å². The van der Waals surface area contributed by atoms with Crippen molar-refractivity contribution < 1.29 is 19.4 Å². The number of carboxylic acid groups (broad SMARTS) is 1. The van der Waals surface area contributed by atoms with Crippen molar-refractivity contribution >= 4 is 17.6 Å². The highest BCUT2D eigenvalue weighted by Gasteiger charge is 2.26. The second-order valence-corrected chi connectivity index (χ2v) is 7.67. The van der Waals surface area contributed by atoms with Crippen LogP contribution in [-0.4, -0.2) is 61.3 Å². The van der Waals surface area contributed by atoms with Crippen molar-refractivity contribution in [3.8, 4) is 0 Å². The molecule has 2 fully saturated rings. The Kier molecular flexibility index (Phi) is 5.81. The minimum Gasteiger partial charge on any atom is -0.478 e. The molecule has 0 unspecified atom stereocenters.